The lowest BCUT2D eigenvalue weighted by molar-refractivity contribution is 0.0186. The zero-order valence-electron chi connectivity index (χ0n) is 14.8. The van der Waals surface area contributed by atoms with Crippen LogP contribution in [-0.2, 0) is 14.8 Å². The summed E-state index contributed by atoms with van der Waals surface area (Å²) in [6, 6.07) is 7.36. The van der Waals surface area contributed by atoms with Gasteiger partial charge in [0.25, 0.3) is 0 Å². The molecule has 1 aliphatic carbocycles. The Labute approximate surface area is 163 Å². The van der Waals surface area contributed by atoms with Crippen LogP contribution in [0.4, 0.5) is 0 Å². The number of hydrogen-bond acceptors (Lipinski definition) is 5. The largest absolute Gasteiger partial charge is 0.493 e. The fourth-order valence-electron chi connectivity index (χ4n) is 3.14. The molecule has 0 radical (unpaired) electrons. The van der Waals surface area contributed by atoms with Crippen LogP contribution in [-0.4, -0.2) is 49.3 Å². The van der Waals surface area contributed by atoms with Gasteiger partial charge < -0.3 is 9.47 Å². The molecule has 9 heteroatoms. The summed E-state index contributed by atoms with van der Waals surface area (Å²) in [4.78, 5) is 0. The molecule has 2 heterocycles. The van der Waals surface area contributed by atoms with E-state index in [2.05, 4.69) is 9.82 Å². The number of ether oxygens (including phenoxy) is 2. The average Bonchev–Trinajstić information content (AvgIpc) is 3.44. The van der Waals surface area contributed by atoms with E-state index < -0.39 is 10.0 Å². The van der Waals surface area contributed by atoms with Crippen molar-refractivity contribution >= 4 is 21.6 Å². The highest BCUT2D eigenvalue weighted by molar-refractivity contribution is 7.90. The maximum atomic E-state index is 12.2. The summed E-state index contributed by atoms with van der Waals surface area (Å²) in [5, 5.41) is 4.52. The highest BCUT2D eigenvalue weighted by atomic mass is 35.5. The lowest BCUT2D eigenvalue weighted by atomic mass is 9.98. The van der Waals surface area contributed by atoms with E-state index in [1.807, 2.05) is 24.3 Å². The minimum atomic E-state index is -3.22. The molecule has 1 aliphatic heterocycles. The second-order valence-corrected chi connectivity index (χ2v) is 9.43. The Morgan fingerprint density at radius 3 is 2.70 bits per heavy atom. The van der Waals surface area contributed by atoms with Crippen molar-refractivity contribution in [3.8, 4) is 11.4 Å². The predicted octanol–water partition coefficient (Wildman–Crippen LogP) is 2.39. The van der Waals surface area contributed by atoms with Crippen molar-refractivity contribution in [2.75, 3.05) is 19.8 Å². The van der Waals surface area contributed by atoms with Crippen LogP contribution in [0.5, 0.6) is 5.75 Å². The first kappa shape index (κ1) is 18.7. The van der Waals surface area contributed by atoms with E-state index in [4.69, 9.17) is 21.1 Å². The van der Waals surface area contributed by atoms with E-state index >= 15 is 0 Å². The molecule has 2 atom stereocenters. The Morgan fingerprint density at radius 1 is 1.26 bits per heavy atom. The van der Waals surface area contributed by atoms with Gasteiger partial charge >= 0.3 is 0 Å². The topological polar surface area (TPSA) is 82.5 Å². The van der Waals surface area contributed by atoms with Crippen molar-refractivity contribution in [1.82, 2.24) is 14.5 Å². The van der Waals surface area contributed by atoms with Crippen molar-refractivity contribution in [2.45, 2.75) is 30.6 Å². The Kier molecular flexibility index (Phi) is 5.41. The van der Waals surface area contributed by atoms with Crippen molar-refractivity contribution in [2.24, 2.45) is 5.92 Å². The number of sulfonamides is 1. The van der Waals surface area contributed by atoms with E-state index in [1.54, 1.807) is 17.1 Å². The van der Waals surface area contributed by atoms with Crippen molar-refractivity contribution in [3.05, 3.63) is 41.7 Å². The van der Waals surface area contributed by atoms with Crippen molar-refractivity contribution < 1.29 is 17.9 Å². The number of benzene rings is 1. The Hall–Kier alpha value is -1.61. The van der Waals surface area contributed by atoms with Gasteiger partial charge in [-0.1, -0.05) is 11.6 Å². The molecule has 2 fully saturated rings. The molecule has 2 aromatic rings. The minimum absolute atomic E-state index is 0.0168. The van der Waals surface area contributed by atoms with Crippen LogP contribution >= 0.6 is 11.6 Å². The second-order valence-electron chi connectivity index (χ2n) is 7.00. The summed E-state index contributed by atoms with van der Waals surface area (Å²) in [7, 11) is -3.22. The summed E-state index contributed by atoms with van der Waals surface area (Å²) < 4.78 is 40.5. The van der Waals surface area contributed by atoms with E-state index in [0.29, 0.717) is 37.0 Å². The number of hydrogen-bond donors (Lipinski definition) is 1. The maximum absolute atomic E-state index is 12.2. The highest BCUT2D eigenvalue weighted by Crippen LogP contribution is 2.29. The van der Waals surface area contributed by atoms with Gasteiger partial charge in [-0.3, -0.25) is 0 Å². The van der Waals surface area contributed by atoms with Gasteiger partial charge in [-0.15, -0.1) is 0 Å². The molecular formula is C18H22ClN3O4S. The highest BCUT2D eigenvalue weighted by Gasteiger charge is 2.39. The SMILES string of the molecule is O=S(=O)(N[C@H]1CCOC[C@@H]1COc1ccc(-n2cc(Cl)cn2)cc1)C1CC1. The van der Waals surface area contributed by atoms with Gasteiger partial charge in [0.1, 0.15) is 5.75 Å². The van der Waals surface area contributed by atoms with Crippen molar-refractivity contribution in [3.63, 3.8) is 0 Å². The van der Waals surface area contributed by atoms with Crippen LogP contribution in [0.2, 0.25) is 5.02 Å². The lowest BCUT2D eigenvalue weighted by Gasteiger charge is -2.31. The number of halogens is 1. The maximum Gasteiger partial charge on any atom is 0.214 e. The molecule has 7 nitrogen and oxygen atoms in total. The quantitative estimate of drug-likeness (QED) is 0.756. The first-order chi connectivity index (χ1) is 13.0. The van der Waals surface area contributed by atoms with Gasteiger partial charge in [0.2, 0.25) is 10.0 Å². The van der Waals surface area contributed by atoms with Gasteiger partial charge in [0.05, 0.1) is 35.4 Å². The Morgan fingerprint density at radius 2 is 2.04 bits per heavy atom. The van der Waals surface area contributed by atoms with Crippen LogP contribution in [0.25, 0.3) is 5.69 Å². The summed E-state index contributed by atoms with van der Waals surface area (Å²) in [5.74, 6) is 0.697. The smallest absolute Gasteiger partial charge is 0.214 e. The standard InChI is InChI=1S/C18H22ClN3O4S/c19-14-9-20-22(10-14)15-1-3-16(4-2-15)26-12-13-11-25-8-7-18(13)21-27(23,24)17-5-6-17/h1-4,9-10,13,17-18,21H,5-8,11-12H2/t13-,18+/m1/s1. The summed E-state index contributed by atoms with van der Waals surface area (Å²) in [6.07, 6.45) is 5.49. The summed E-state index contributed by atoms with van der Waals surface area (Å²) >= 11 is 5.89. The van der Waals surface area contributed by atoms with Crippen molar-refractivity contribution in [1.29, 1.82) is 0 Å². The molecule has 1 saturated carbocycles. The lowest BCUT2D eigenvalue weighted by Crippen LogP contribution is -2.48. The molecule has 0 unspecified atom stereocenters. The molecule has 0 spiro atoms. The van der Waals surface area contributed by atoms with E-state index in [9.17, 15) is 8.42 Å². The van der Waals surface area contributed by atoms with Gasteiger partial charge in [-0.25, -0.2) is 17.8 Å². The zero-order valence-corrected chi connectivity index (χ0v) is 16.3. The normalized spacial score (nSPS) is 23.3. The number of nitrogens with zero attached hydrogens (tertiary/aromatic N) is 2. The summed E-state index contributed by atoms with van der Waals surface area (Å²) in [5.41, 5.74) is 0.880. The van der Waals surface area contributed by atoms with Crippen LogP contribution < -0.4 is 9.46 Å². The number of aromatic nitrogens is 2. The van der Waals surface area contributed by atoms with E-state index in [0.717, 1.165) is 18.5 Å². The van der Waals surface area contributed by atoms with Gasteiger partial charge in [0.15, 0.2) is 0 Å². The zero-order chi connectivity index (χ0) is 18.9. The molecule has 1 aromatic heterocycles. The molecule has 0 bridgehead atoms. The molecule has 4 rings (SSSR count). The molecule has 27 heavy (non-hydrogen) atoms. The number of nitrogens with one attached hydrogen (secondary N) is 1. The third kappa shape index (κ3) is 4.63. The van der Waals surface area contributed by atoms with E-state index in [1.165, 1.54) is 0 Å². The average molecular weight is 412 g/mol. The Bertz CT molecular complexity index is 880. The van der Waals surface area contributed by atoms with Gasteiger partial charge in [-0.05, 0) is 43.5 Å². The minimum Gasteiger partial charge on any atom is -0.493 e. The molecule has 0 amide bonds. The third-order valence-corrected chi connectivity index (χ3v) is 7.04. The number of rotatable bonds is 7. The van der Waals surface area contributed by atoms with Crippen LogP contribution in [0.15, 0.2) is 36.7 Å². The Balaban J connectivity index is 1.36. The van der Waals surface area contributed by atoms with Crippen LogP contribution in [0, 0.1) is 5.92 Å². The molecule has 1 saturated heterocycles. The predicted molar refractivity (Wildman–Crippen MR) is 102 cm³/mol. The fraction of sp³-hybridized carbons (Fsp3) is 0.500. The molecule has 1 aromatic carbocycles. The second kappa shape index (κ2) is 7.79. The molecule has 2 aliphatic rings. The summed E-state index contributed by atoms with van der Waals surface area (Å²) in [6.45, 7) is 1.45. The monoisotopic (exact) mass is 411 g/mol. The fourth-order valence-corrected chi connectivity index (χ4v) is 4.96. The molecule has 1 N–H and O–H groups in total. The van der Waals surface area contributed by atoms with Crippen LogP contribution in [0.1, 0.15) is 19.3 Å². The van der Waals surface area contributed by atoms with Gasteiger partial charge in [0, 0.05) is 24.8 Å². The van der Waals surface area contributed by atoms with Gasteiger partial charge in [-0.2, -0.15) is 5.10 Å². The first-order valence-corrected chi connectivity index (χ1v) is 11.0. The van der Waals surface area contributed by atoms with E-state index in [-0.39, 0.29) is 17.2 Å². The van der Waals surface area contributed by atoms with Crippen LogP contribution in [0.3, 0.4) is 0 Å². The third-order valence-electron chi connectivity index (χ3n) is 4.87. The first-order valence-electron chi connectivity index (χ1n) is 9.03. The molecule has 146 valence electrons. The molecular weight excluding hydrogens is 390 g/mol.